The molecular formula is C16H25NO2. The van der Waals surface area contributed by atoms with Gasteiger partial charge in [0.15, 0.2) is 0 Å². The number of nitrogens with one attached hydrogen (secondary N) is 1. The lowest BCUT2D eigenvalue weighted by Crippen LogP contribution is -2.19. The normalized spacial score (nSPS) is 16.3. The van der Waals surface area contributed by atoms with E-state index in [1.54, 1.807) is 7.11 Å². The Kier molecular flexibility index (Phi) is 5.67. The Hall–Kier alpha value is -1.06. The predicted molar refractivity (Wildman–Crippen MR) is 77.9 cm³/mol. The number of hydrogen-bond donors (Lipinski definition) is 1. The van der Waals surface area contributed by atoms with Crippen LogP contribution in [-0.2, 0) is 4.74 Å². The minimum Gasteiger partial charge on any atom is -0.491 e. The maximum absolute atomic E-state index is 5.79. The van der Waals surface area contributed by atoms with Crippen LogP contribution in [0.3, 0.4) is 0 Å². The van der Waals surface area contributed by atoms with Crippen molar-refractivity contribution in [2.75, 3.05) is 26.9 Å². The first-order valence-corrected chi connectivity index (χ1v) is 7.25. The number of rotatable bonds is 9. The molecule has 3 nitrogen and oxygen atoms in total. The third kappa shape index (κ3) is 4.84. The molecule has 0 bridgehead atoms. The second kappa shape index (κ2) is 7.51. The van der Waals surface area contributed by atoms with Crippen LogP contribution < -0.4 is 10.1 Å². The van der Waals surface area contributed by atoms with Crippen molar-refractivity contribution in [2.24, 2.45) is 0 Å². The van der Waals surface area contributed by atoms with Gasteiger partial charge in [0.05, 0.1) is 6.61 Å². The predicted octanol–water partition coefficient (Wildman–Crippen LogP) is 2.96. The molecule has 1 aromatic carbocycles. The summed E-state index contributed by atoms with van der Waals surface area (Å²) in [5.41, 5.74) is 1.30. The van der Waals surface area contributed by atoms with Crippen molar-refractivity contribution in [1.82, 2.24) is 5.32 Å². The summed E-state index contributed by atoms with van der Waals surface area (Å²) in [4.78, 5) is 0. The highest BCUT2D eigenvalue weighted by Gasteiger charge is 2.20. The van der Waals surface area contributed by atoms with Gasteiger partial charge in [-0.15, -0.1) is 0 Å². The van der Waals surface area contributed by atoms with Crippen molar-refractivity contribution in [3.05, 3.63) is 29.8 Å². The zero-order chi connectivity index (χ0) is 13.5. The van der Waals surface area contributed by atoms with E-state index in [1.807, 2.05) is 6.07 Å². The molecule has 0 heterocycles. The molecule has 0 amide bonds. The first-order valence-electron chi connectivity index (χ1n) is 7.25. The average molecular weight is 263 g/mol. The fraction of sp³-hybridized carbons (Fsp3) is 0.625. The van der Waals surface area contributed by atoms with E-state index in [2.05, 4.69) is 30.4 Å². The van der Waals surface area contributed by atoms with E-state index in [9.17, 15) is 0 Å². The van der Waals surface area contributed by atoms with E-state index in [-0.39, 0.29) is 0 Å². The van der Waals surface area contributed by atoms with Crippen LogP contribution in [0.1, 0.15) is 37.7 Å². The van der Waals surface area contributed by atoms with Crippen molar-refractivity contribution in [3.8, 4) is 5.75 Å². The standard InChI is InChI=1S/C16H25NO2/c1-13(9-10-17-14-7-8-14)15-5-3-4-6-16(15)19-12-11-18-2/h3-6,13-14,17H,7-12H2,1-2H3. The summed E-state index contributed by atoms with van der Waals surface area (Å²) in [5, 5.41) is 3.57. The Balaban J connectivity index is 1.84. The summed E-state index contributed by atoms with van der Waals surface area (Å²) < 4.78 is 10.8. The van der Waals surface area contributed by atoms with Crippen LogP contribution in [-0.4, -0.2) is 32.9 Å². The average Bonchev–Trinajstić information content (AvgIpc) is 3.24. The van der Waals surface area contributed by atoms with Crippen LogP contribution in [0.15, 0.2) is 24.3 Å². The van der Waals surface area contributed by atoms with Gasteiger partial charge in [0.25, 0.3) is 0 Å². The molecular weight excluding hydrogens is 238 g/mol. The van der Waals surface area contributed by atoms with Gasteiger partial charge in [0.1, 0.15) is 12.4 Å². The van der Waals surface area contributed by atoms with E-state index < -0.39 is 0 Å². The van der Waals surface area contributed by atoms with Crippen molar-refractivity contribution in [2.45, 2.75) is 38.1 Å². The molecule has 3 heteroatoms. The third-order valence-corrected chi connectivity index (χ3v) is 3.58. The van der Waals surface area contributed by atoms with Crippen molar-refractivity contribution < 1.29 is 9.47 Å². The molecule has 1 aliphatic carbocycles. The van der Waals surface area contributed by atoms with Gasteiger partial charge in [-0.1, -0.05) is 25.1 Å². The fourth-order valence-electron chi connectivity index (χ4n) is 2.20. The van der Waals surface area contributed by atoms with Gasteiger partial charge < -0.3 is 14.8 Å². The molecule has 1 fully saturated rings. The first-order chi connectivity index (χ1) is 9.31. The Bertz CT molecular complexity index is 377. The molecule has 0 aliphatic heterocycles. The number of methoxy groups -OCH3 is 1. The number of benzene rings is 1. The quantitative estimate of drug-likeness (QED) is 0.695. The van der Waals surface area contributed by atoms with Gasteiger partial charge in [-0.05, 0) is 43.4 Å². The molecule has 1 saturated carbocycles. The highest BCUT2D eigenvalue weighted by atomic mass is 16.5. The second-order valence-corrected chi connectivity index (χ2v) is 5.30. The van der Waals surface area contributed by atoms with Crippen LogP contribution in [0.5, 0.6) is 5.75 Å². The SMILES string of the molecule is COCCOc1ccccc1C(C)CCNC1CC1. The fourth-order valence-corrected chi connectivity index (χ4v) is 2.20. The first kappa shape index (κ1) is 14.4. The molecule has 0 saturated heterocycles. The van der Waals surface area contributed by atoms with Gasteiger partial charge in [0.2, 0.25) is 0 Å². The number of hydrogen-bond acceptors (Lipinski definition) is 3. The lowest BCUT2D eigenvalue weighted by molar-refractivity contribution is 0.145. The van der Waals surface area contributed by atoms with E-state index in [4.69, 9.17) is 9.47 Å². The van der Waals surface area contributed by atoms with E-state index in [0.29, 0.717) is 19.1 Å². The summed E-state index contributed by atoms with van der Waals surface area (Å²) in [6.07, 6.45) is 3.86. The lowest BCUT2D eigenvalue weighted by atomic mass is 9.97. The second-order valence-electron chi connectivity index (χ2n) is 5.30. The van der Waals surface area contributed by atoms with Gasteiger partial charge in [-0.2, -0.15) is 0 Å². The Morgan fingerprint density at radius 3 is 2.79 bits per heavy atom. The van der Waals surface area contributed by atoms with Crippen LogP contribution >= 0.6 is 0 Å². The van der Waals surface area contributed by atoms with Gasteiger partial charge >= 0.3 is 0 Å². The summed E-state index contributed by atoms with van der Waals surface area (Å²) in [6.45, 7) is 4.61. The van der Waals surface area contributed by atoms with E-state index >= 15 is 0 Å². The molecule has 2 rings (SSSR count). The van der Waals surface area contributed by atoms with Gasteiger partial charge in [0, 0.05) is 13.2 Å². The number of para-hydroxylation sites is 1. The maximum atomic E-state index is 5.79. The number of ether oxygens (including phenoxy) is 2. The van der Waals surface area contributed by atoms with Crippen LogP contribution in [0.25, 0.3) is 0 Å². The topological polar surface area (TPSA) is 30.5 Å². The molecule has 0 spiro atoms. The smallest absolute Gasteiger partial charge is 0.122 e. The lowest BCUT2D eigenvalue weighted by Gasteiger charge is -2.17. The Labute approximate surface area is 116 Å². The summed E-state index contributed by atoms with van der Waals surface area (Å²) in [6, 6.07) is 9.13. The van der Waals surface area contributed by atoms with E-state index in [1.165, 1.54) is 18.4 Å². The minimum atomic E-state index is 0.519. The Morgan fingerprint density at radius 2 is 2.05 bits per heavy atom. The highest BCUT2D eigenvalue weighted by Crippen LogP contribution is 2.28. The molecule has 1 atom stereocenters. The van der Waals surface area contributed by atoms with Crippen LogP contribution in [0.2, 0.25) is 0 Å². The largest absolute Gasteiger partial charge is 0.491 e. The third-order valence-electron chi connectivity index (χ3n) is 3.58. The van der Waals surface area contributed by atoms with E-state index in [0.717, 1.165) is 24.8 Å². The molecule has 106 valence electrons. The summed E-state index contributed by atoms with van der Waals surface area (Å²) in [7, 11) is 1.70. The van der Waals surface area contributed by atoms with Gasteiger partial charge in [-0.3, -0.25) is 0 Å². The summed E-state index contributed by atoms with van der Waals surface area (Å²) >= 11 is 0. The molecule has 0 aromatic heterocycles. The summed E-state index contributed by atoms with van der Waals surface area (Å²) in [5.74, 6) is 1.52. The monoisotopic (exact) mass is 263 g/mol. The maximum Gasteiger partial charge on any atom is 0.122 e. The Morgan fingerprint density at radius 1 is 1.26 bits per heavy atom. The molecule has 1 aliphatic rings. The van der Waals surface area contributed by atoms with Crippen molar-refractivity contribution >= 4 is 0 Å². The zero-order valence-corrected chi connectivity index (χ0v) is 12.0. The molecule has 1 unspecified atom stereocenters. The van der Waals surface area contributed by atoms with Crippen LogP contribution in [0.4, 0.5) is 0 Å². The van der Waals surface area contributed by atoms with Gasteiger partial charge in [-0.25, -0.2) is 0 Å². The van der Waals surface area contributed by atoms with Crippen molar-refractivity contribution in [1.29, 1.82) is 0 Å². The zero-order valence-electron chi connectivity index (χ0n) is 12.0. The molecule has 19 heavy (non-hydrogen) atoms. The minimum absolute atomic E-state index is 0.519. The van der Waals surface area contributed by atoms with Crippen LogP contribution in [0, 0.1) is 0 Å². The molecule has 1 aromatic rings. The highest BCUT2D eigenvalue weighted by molar-refractivity contribution is 5.35. The molecule has 0 radical (unpaired) electrons. The molecule has 1 N–H and O–H groups in total. The van der Waals surface area contributed by atoms with Crippen molar-refractivity contribution in [3.63, 3.8) is 0 Å².